The van der Waals surface area contributed by atoms with Crippen molar-refractivity contribution in [1.29, 1.82) is 0 Å². The molecule has 0 unspecified atom stereocenters. The number of nitrogens with one attached hydrogen (secondary N) is 4. The van der Waals surface area contributed by atoms with Crippen molar-refractivity contribution in [3.05, 3.63) is 83.1 Å². The molecule has 0 spiro atoms. The standard InChI is InChI=1S/C23H20ClFN6O3/c1-26-16-8-10-21(28-14-16)31-23(33)30-19-13-15(24)7-9-20(19)34-12-4-11-27-22(32)29-18-6-3-2-5-17(18)25/h2-3,5-10,13-14H,4,11-12H2,(H2,27,29,32)(H2,28,30,31,33). The summed E-state index contributed by atoms with van der Waals surface area (Å²) in [5, 5.41) is 10.6. The van der Waals surface area contributed by atoms with Gasteiger partial charge >= 0.3 is 12.1 Å². The van der Waals surface area contributed by atoms with Crippen molar-refractivity contribution in [1.82, 2.24) is 10.3 Å². The summed E-state index contributed by atoms with van der Waals surface area (Å²) in [4.78, 5) is 31.4. The fourth-order valence-corrected chi connectivity index (χ4v) is 2.88. The molecule has 0 bridgehead atoms. The Hall–Kier alpha value is -4.36. The Labute approximate surface area is 200 Å². The van der Waals surface area contributed by atoms with Crippen molar-refractivity contribution in [3.63, 3.8) is 0 Å². The van der Waals surface area contributed by atoms with E-state index in [1.54, 1.807) is 18.2 Å². The Morgan fingerprint density at radius 3 is 2.56 bits per heavy atom. The molecule has 174 valence electrons. The van der Waals surface area contributed by atoms with Gasteiger partial charge in [0.25, 0.3) is 0 Å². The maximum atomic E-state index is 13.6. The molecule has 0 atom stereocenters. The summed E-state index contributed by atoms with van der Waals surface area (Å²) in [5.41, 5.74) is 0.785. The van der Waals surface area contributed by atoms with Crippen LogP contribution in [0.4, 0.5) is 36.9 Å². The molecule has 4 amide bonds. The zero-order valence-corrected chi connectivity index (χ0v) is 18.5. The average Bonchev–Trinajstić information content (AvgIpc) is 2.82. The van der Waals surface area contributed by atoms with E-state index in [1.807, 2.05) is 0 Å². The highest BCUT2D eigenvalue weighted by atomic mass is 35.5. The Morgan fingerprint density at radius 2 is 1.82 bits per heavy atom. The van der Waals surface area contributed by atoms with Crippen molar-refractivity contribution < 1.29 is 18.7 Å². The minimum absolute atomic E-state index is 0.0870. The van der Waals surface area contributed by atoms with Crippen molar-refractivity contribution in [3.8, 4) is 5.75 Å². The molecule has 1 heterocycles. The second-order valence-electron chi connectivity index (χ2n) is 6.80. The number of amides is 4. The zero-order chi connectivity index (χ0) is 24.3. The normalized spacial score (nSPS) is 10.0. The first kappa shape index (κ1) is 24.3. The first-order chi connectivity index (χ1) is 16.4. The lowest BCUT2D eigenvalue weighted by atomic mass is 10.3. The number of ether oxygens (including phenoxy) is 1. The predicted octanol–water partition coefficient (Wildman–Crippen LogP) is 5.66. The van der Waals surface area contributed by atoms with E-state index in [0.29, 0.717) is 28.6 Å². The SMILES string of the molecule is [C-]#[N+]c1ccc(NC(=O)Nc2cc(Cl)ccc2OCCCNC(=O)Nc2ccccc2F)nc1. The van der Waals surface area contributed by atoms with Crippen LogP contribution in [0.25, 0.3) is 4.85 Å². The minimum atomic E-state index is -0.568. The van der Waals surface area contributed by atoms with Gasteiger partial charge in [0, 0.05) is 17.8 Å². The number of rotatable bonds is 8. The van der Waals surface area contributed by atoms with Gasteiger partial charge in [0.15, 0.2) is 0 Å². The molecule has 1 aromatic heterocycles. The maximum absolute atomic E-state index is 13.6. The summed E-state index contributed by atoms with van der Waals surface area (Å²) in [6, 6.07) is 12.6. The highest BCUT2D eigenvalue weighted by Gasteiger charge is 2.10. The average molecular weight is 483 g/mol. The lowest BCUT2D eigenvalue weighted by Crippen LogP contribution is -2.30. The van der Waals surface area contributed by atoms with Crippen LogP contribution < -0.4 is 26.0 Å². The van der Waals surface area contributed by atoms with Crippen LogP contribution in [-0.2, 0) is 0 Å². The third-order valence-electron chi connectivity index (χ3n) is 4.29. The van der Waals surface area contributed by atoms with Gasteiger partial charge in [-0.05, 0) is 42.8 Å². The van der Waals surface area contributed by atoms with E-state index in [4.69, 9.17) is 22.9 Å². The third-order valence-corrected chi connectivity index (χ3v) is 4.53. The highest BCUT2D eigenvalue weighted by molar-refractivity contribution is 6.31. The molecule has 11 heteroatoms. The second-order valence-corrected chi connectivity index (χ2v) is 7.23. The van der Waals surface area contributed by atoms with Gasteiger partial charge in [-0.2, -0.15) is 0 Å². The molecule has 0 fully saturated rings. The van der Waals surface area contributed by atoms with Gasteiger partial charge in [-0.1, -0.05) is 29.8 Å². The number of halogens is 2. The van der Waals surface area contributed by atoms with Crippen LogP contribution in [0, 0.1) is 12.4 Å². The molecule has 3 aromatic rings. The number of para-hydroxylation sites is 1. The van der Waals surface area contributed by atoms with Crippen molar-refractivity contribution >= 4 is 46.5 Å². The van der Waals surface area contributed by atoms with E-state index >= 15 is 0 Å². The number of carbonyl (C=O) groups excluding carboxylic acids is 2. The van der Waals surface area contributed by atoms with Crippen molar-refractivity contribution in [2.75, 3.05) is 29.1 Å². The number of nitrogens with zero attached hydrogens (tertiary/aromatic N) is 2. The van der Waals surface area contributed by atoms with Gasteiger partial charge in [-0.15, -0.1) is 0 Å². The van der Waals surface area contributed by atoms with Crippen LogP contribution in [0.5, 0.6) is 5.75 Å². The van der Waals surface area contributed by atoms with E-state index in [2.05, 4.69) is 31.1 Å². The number of pyridine rings is 1. The van der Waals surface area contributed by atoms with E-state index < -0.39 is 17.9 Å². The Bertz CT molecular complexity index is 1200. The molecule has 0 saturated heterocycles. The summed E-state index contributed by atoms with van der Waals surface area (Å²) in [6.07, 6.45) is 1.80. The van der Waals surface area contributed by atoms with Crippen LogP contribution in [0.2, 0.25) is 5.02 Å². The first-order valence-electron chi connectivity index (χ1n) is 10.1. The quantitative estimate of drug-likeness (QED) is 0.245. The number of urea groups is 2. The van der Waals surface area contributed by atoms with Gasteiger partial charge < -0.3 is 20.7 Å². The van der Waals surface area contributed by atoms with E-state index in [0.717, 1.165) is 0 Å². The molecule has 2 aromatic carbocycles. The topological polar surface area (TPSA) is 109 Å². The Kier molecular flexibility index (Phi) is 8.60. The van der Waals surface area contributed by atoms with Crippen LogP contribution in [-0.4, -0.2) is 30.2 Å². The molecule has 4 N–H and O–H groups in total. The lowest BCUT2D eigenvalue weighted by molar-refractivity contribution is 0.250. The molecule has 34 heavy (non-hydrogen) atoms. The third kappa shape index (κ3) is 7.36. The number of anilines is 3. The highest BCUT2D eigenvalue weighted by Crippen LogP contribution is 2.28. The van der Waals surface area contributed by atoms with Gasteiger partial charge in [-0.25, -0.2) is 18.8 Å². The lowest BCUT2D eigenvalue weighted by Gasteiger charge is -2.14. The Morgan fingerprint density at radius 1 is 1.03 bits per heavy atom. The largest absolute Gasteiger partial charge is 0.491 e. The van der Waals surface area contributed by atoms with E-state index in [-0.39, 0.29) is 24.7 Å². The summed E-state index contributed by atoms with van der Waals surface area (Å²) >= 11 is 6.04. The number of hydrogen-bond donors (Lipinski definition) is 4. The van der Waals surface area contributed by atoms with Crippen molar-refractivity contribution in [2.24, 2.45) is 0 Å². The number of carbonyl (C=O) groups is 2. The van der Waals surface area contributed by atoms with E-state index in [1.165, 1.54) is 42.6 Å². The van der Waals surface area contributed by atoms with Crippen LogP contribution >= 0.6 is 11.6 Å². The number of hydrogen-bond acceptors (Lipinski definition) is 4. The molecular formula is C23H20ClFN6O3. The molecule has 3 rings (SSSR count). The van der Waals surface area contributed by atoms with E-state index in [9.17, 15) is 14.0 Å². The molecular weight excluding hydrogens is 463 g/mol. The van der Waals surface area contributed by atoms with Gasteiger partial charge in [-0.3, -0.25) is 10.3 Å². The summed E-state index contributed by atoms with van der Waals surface area (Å²) in [5.74, 6) is 0.129. The van der Waals surface area contributed by atoms with Crippen LogP contribution in [0.15, 0.2) is 60.8 Å². The molecule has 9 nitrogen and oxygen atoms in total. The number of benzene rings is 2. The summed E-state index contributed by atoms with van der Waals surface area (Å²) < 4.78 is 19.3. The molecule has 0 saturated carbocycles. The zero-order valence-electron chi connectivity index (χ0n) is 17.8. The van der Waals surface area contributed by atoms with Gasteiger partial charge in [0.05, 0.1) is 24.6 Å². The molecule has 0 aliphatic carbocycles. The molecule has 0 aliphatic rings. The maximum Gasteiger partial charge on any atom is 0.324 e. The van der Waals surface area contributed by atoms with Gasteiger partial charge in [0.1, 0.15) is 17.4 Å². The van der Waals surface area contributed by atoms with Crippen LogP contribution in [0.3, 0.4) is 0 Å². The minimum Gasteiger partial charge on any atom is -0.491 e. The molecule has 0 radical (unpaired) electrons. The fourth-order valence-electron chi connectivity index (χ4n) is 2.71. The number of aromatic nitrogens is 1. The first-order valence-corrected chi connectivity index (χ1v) is 10.5. The smallest absolute Gasteiger partial charge is 0.324 e. The fraction of sp³-hybridized carbons (Fsp3) is 0.130. The Balaban J connectivity index is 1.46. The predicted molar refractivity (Wildman–Crippen MR) is 128 cm³/mol. The van der Waals surface area contributed by atoms with Crippen LogP contribution in [0.1, 0.15) is 6.42 Å². The van der Waals surface area contributed by atoms with Crippen molar-refractivity contribution in [2.45, 2.75) is 6.42 Å². The monoisotopic (exact) mass is 482 g/mol. The molecule has 0 aliphatic heterocycles. The summed E-state index contributed by atoms with van der Waals surface area (Å²) in [7, 11) is 0. The second kappa shape index (κ2) is 12.0. The summed E-state index contributed by atoms with van der Waals surface area (Å²) in [6.45, 7) is 7.44. The van der Waals surface area contributed by atoms with Gasteiger partial charge in [0.2, 0.25) is 5.69 Å².